The summed E-state index contributed by atoms with van der Waals surface area (Å²) in [6.45, 7) is 3.34. The molecule has 0 unspecified atom stereocenters. The fourth-order valence-corrected chi connectivity index (χ4v) is 4.46. The van der Waals surface area contributed by atoms with E-state index in [0.717, 1.165) is 30.9 Å². The van der Waals surface area contributed by atoms with Crippen molar-refractivity contribution < 1.29 is 18.3 Å². The van der Waals surface area contributed by atoms with Crippen LogP contribution >= 0.6 is 0 Å². The van der Waals surface area contributed by atoms with Gasteiger partial charge in [-0.3, -0.25) is 4.72 Å². The number of nitrogens with one attached hydrogen (secondary N) is 1. The van der Waals surface area contributed by atoms with Gasteiger partial charge in [0, 0.05) is 5.69 Å². The molecule has 0 bridgehead atoms. The smallest absolute Gasteiger partial charge is 0.262 e. The van der Waals surface area contributed by atoms with Crippen molar-refractivity contribution in [2.45, 2.75) is 38.0 Å². The second-order valence-electron chi connectivity index (χ2n) is 6.15. The third-order valence-electron chi connectivity index (χ3n) is 4.50. The molecule has 2 aromatic carbocycles. The topological polar surface area (TPSA) is 86.3 Å². The van der Waals surface area contributed by atoms with Gasteiger partial charge in [-0.25, -0.2) is 8.42 Å². The quantitative estimate of drug-likeness (QED) is 0.918. The van der Waals surface area contributed by atoms with Gasteiger partial charge in [-0.05, 0) is 85.2 Å². The van der Waals surface area contributed by atoms with Crippen LogP contribution in [0.1, 0.15) is 39.0 Å². The Hall–Kier alpha value is -2.34. The monoisotopic (exact) mass is 344 g/mol. The molecule has 0 fully saturated rings. The van der Waals surface area contributed by atoms with Crippen molar-refractivity contribution in [3.63, 3.8) is 0 Å². The van der Waals surface area contributed by atoms with Gasteiger partial charge in [-0.2, -0.15) is 0 Å². The summed E-state index contributed by atoms with van der Waals surface area (Å²) in [6, 6.07) is 8.10. The van der Waals surface area contributed by atoms with Crippen LogP contribution in [-0.4, -0.2) is 14.4 Å². The molecule has 6 heteroatoms. The van der Waals surface area contributed by atoms with Gasteiger partial charge < -0.3 is 9.90 Å². The first kappa shape index (κ1) is 16.5. The normalized spacial score (nSPS) is 13.6. The molecule has 0 saturated heterocycles. The first-order chi connectivity index (χ1) is 11.3. The van der Waals surface area contributed by atoms with E-state index in [1.165, 1.54) is 11.6 Å². The van der Waals surface area contributed by atoms with Gasteiger partial charge >= 0.3 is 0 Å². The molecule has 0 aliphatic heterocycles. The maximum absolute atomic E-state index is 12.7. The molecule has 1 aliphatic carbocycles. The number of rotatable bonds is 4. The highest BCUT2D eigenvalue weighted by atomic mass is 32.2. The Morgan fingerprint density at radius 1 is 1.08 bits per heavy atom. The number of hydrogen-bond donors (Lipinski definition) is 1. The summed E-state index contributed by atoms with van der Waals surface area (Å²) >= 11 is 0. The summed E-state index contributed by atoms with van der Waals surface area (Å²) in [5.74, 6) is -1.40. The maximum atomic E-state index is 12.7. The van der Waals surface area contributed by atoms with E-state index in [4.69, 9.17) is 0 Å². The van der Waals surface area contributed by atoms with Crippen molar-refractivity contribution in [2.24, 2.45) is 0 Å². The predicted octanol–water partition coefficient (Wildman–Crippen LogP) is 1.96. The van der Waals surface area contributed by atoms with Gasteiger partial charge in [0.1, 0.15) is 0 Å². The lowest BCUT2D eigenvalue weighted by Crippen LogP contribution is -2.24. The molecule has 0 radical (unpaired) electrons. The number of carbonyl (C=O) groups excluding carboxylic acids is 1. The summed E-state index contributed by atoms with van der Waals surface area (Å²) in [5.41, 5.74) is 3.87. The third kappa shape index (κ3) is 3.01. The van der Waals surface area contributed by atoms with Crippen molar-refractivity contribution in [3.8, 4) is 0 Å². The number of fused-ring (bicyclic) bond motifs is 1. The van der Waals surface area contributed by atoms with Gasteiger partial charge in [-0.1, -0.05) is 6.07 Å². The maximum Gasteiger partial charge on any atom is 0.262 e. The van der Waals surface area contributed by atoms with Crippen LogP contribution in [0.5, 0.6) is 0 Å². The molecular formula is C18H18NO4S-. The fraction of sp³-hybridized carbons (Fsp3) is 0.278. The molecule has 24 heavy (non-hydrogen) atoms. The van der Waals surface area contributed by atoms with Crippen molar-refractivity contribution in [1.82, 2.24) is 0 Å². The van der Waals surface area contributed by atoms with Gasteiger partial charge in [0.15, 0.2) is 0 Å². The molecule has 2 aromatic rings. The average molecular weight is 344 g/mol. The Morgan fingerprint density at radius 3 is 2.50 bits per heavy atom. The number of hydrogen-bond acceptors (Lipinski definition) is 4. The van der Waals surface area contributed by atoms with Crippen LogP contribution in [0.2, 0.25) is 0 Å². The van der Waals surface area contributed by atoms with E-state index in [9.17, 15) is 18.3 Å². The zero-order valence-electron chi connectivity index (χ0n) is 13.5. The van der Waals surface area contributed by atoms with Crippen molar-refractivity contribution in [1.29, 1.82) is 0 Å². The van der Waals surface area contributed by atoms with Crippen LogP contribution in [-0.2, 0) is 22.9 Å². The highest BCUT2D eigenvalue weighted by molar-refractivity contribution is 7.92. The molecule has 126 valence electrons. The molecule has 5 nitrogen and oxygen atoms in total. The minimum Gasteiger partial charge on any atom is -0.545 e. The molecule has 1 N–H and O–H groups in total. The first-order valence-corrected chi connectivity index (χ1v) is 9.23. The Bertz CT molecular complexity index is 932. The van der Waals surface area contributed by atoms with Crippen LogP contribution in [0.4, 0.5) is 5.69 Å². The van der Waals surface area contributed by atoms with Crippen LogP contribution in [0.3, 0.4) is 0 Å². The molecule has 1 aliphatic rings. The van der Waals surface area contributed by atoms with E-state index in [1.807, 2.05) is 12.1 Å². The summed E-state index contributed by atoms with van der Waals surface area (Å²) in [6.07, 6.45) is 3.05. The Labute approximate surface area is 141 Å². The van der Waals surface area contributed by atoms with Gasteiger partial charge in [0.25, 0.3) is 10.0 Å². The standard InChI is InChI=1S/C18H19NO4S/c1-11-8-15(18(20)21)10-17(12(11)2)24(22,23)19-16-7-6-13-4-3-5-14(13)9-16/h6-10,19H,3-5H2,1-2H3,(H,20,21)/p-1. The Kier molecular flexibility index (Phi) is 4.09. The molecule has 3 rings (SSSR count). The van der Waals surface area contributed by atoms with Gasteiger partial charge in [0.05, 0.1) is 10.9 Å². The Morgan fingerprint density at radius 2 is 1.79 bits per heavy atom. The summed E-state index contributed by atoms with van der Waals surface area (Å²) in [7, 11) is -3.88. The van der Waals surface area contributed by atoms with E-state index in [0.29, 0.717) is 16.8 Å². The van der Waals surface area contributed by atoms with E-state index in [1.54, 1.807) is 19.9 Å². The van der Waals surface area contributed by atoms with Crippen molar-refractivity contribution >= 4 is 21.7 Å². The zero-order valence-corrected chi connectivity index (χ0v) is 14.4. The SMILES string of the molecule is Cc1cc(C(=O)[O-])cc(S(=O)(=O)Nc2ccc3c(c2)CCC3)c1C. The molecule has 0 aromatic heterocycles. The molecule has 0 spiro atoms. The van der Waals surface area contributed by atoms with Crippen LogP contribution in [0.25, 0.3) is 0 Å². The number of benzene rings is 2. The van der Waals surface area contributed by atoms with Gasteiger partial charge in [-0.15, -0.1) is 0 Å². The highest BCUT2D eigenvalue weighted by Gasteiger charge is 2.20. The molecule has 0 heterocycles. The lowest BCUT2D eigenvalue weighted by molar-refractivity contribution is -0.255. The minimum absolute atomic E-state index is 0.0396. The second-order valence-corrected chi connectivity index (χ2v) is 7.80. The zero-order chi connectivity index (χ0) is 17.5. The second kappa shape index (κ2) is 5.94. The van der Waals surface area contributed by atoms with E-state index in [-0.39, 0.29) is 10.5 Å². The lowest BCUT2D eigenvalue weighted by Gasteiger charge is -2.15. The number of carboxylic acid groups (broad SMARTS) is 1. The van der Waals surface area contributed by atoms with Crippen LogP contribution in [0, 0.1) is 13.8 Å². The number of sulfonamides is 1. The van der Waals surface area contributed by atoms with E-state index >= 15 is 0 Å². The van der Waals surface area contributed by atoms with E-state index < -0.39 is 16.0 Å². The lowest BCUT2D eigenvalue weighted by atomic mass is 10.1. The molecular weight excluding hydrogens is 326 g/mol. The number of carboxylic acids is 1. The van der Waals surface area contributed by atoms with E-state index in [2.05, 4.69) is 4.72 Å². The number of aryl methyl sites for hydroxylation is 3. The first-order valence-electron chi connectivity index (χ1n) is 7.75. The van der Waals surface area contributed by atoms with Crippen LogP contribution < -0.4 is 9.83 Å². The highest BCUT2D eigenvalue weighted by Crippen LogP contribution is 2.28. The Balaban J connectivity index is 2.00. The summed E-state index contributed by atoms with van der Waals surface area (Å²) < 4.78 is 28.0. The largest absolute Gasteiger partial charge is 0.545 e. The van der Waals surface area contributed by atoms with Gasteiger partial charge in [0.2, 0.25) is 0 Å². The summed E-state index contributed by atoms with van der Waals surface area (Å²) in [4.78, 5) is 11.1. The molecule has 0 amide bonds. The van der Waals surface area contributed by atoms with Crippen molar-refractivity contribution in [2.75, 3.05) is 4.72 Å². The predicted molar refractivity (Wildman–Crippen MR) is 89.5 cm³/mol. The average Bonchev–Trinajstić information content (AvgIpc) is 2.96. The third-order valence-corrected chi connectivity index (χ3v) is 6.00. The molecule has 0 saturated carbocycles. The number of aromatic carboxylic acids is 1. The summed E-state index contributed by atoms with van der Waals surface area (Å²) in [5, 5.41) is 11.1. The minimum atomic E-state index is -3.88. The molecule has 0 atom stereocenters. The fourth-order valence-electron chi connectivity index (χ4n) is 3.07. The number of carbonyl (C=O) groups is 1. The van der Waals surface area contributed by atoms with Crippen LogP contribution in [0.15, 0.2) is 35.2 Å². The number of anilines is 1. The van der Waals surface area contributed by atoms with Crippen molar-refractivity contribution in [3.05, 3.63) is 58.1 Å².